The van der Waals surface area contributed by atoms with Crippen molar-refractivity contribution in [2.75, 3.05) is 10.6 Å². The molecule has 3 aromatic carbocycles. The van der Waals surface area contributed by atoms with Crippen molar-refractivity contribution >= 4 is 23.1 Å². The van der Waals surface area contributed by atoms with Crippen molar-refractivity contribution < 1.29 is 51.3 Å². The van der Waals surface area contributed by atoms with E-state index in [0.29, 0.717) is 36.4 Å². The third kappa shape index (κ3) is 5.62. The second kappa shape index (κ2) is 10.5. The first-order valence-electron chi connectivity index (χ1n) is 11.1. The van der Waals surface area contributed by atoms with Crippen LogP contribution in [0.2, 0.25) is 0 Å². The van der Waals surface area contributed by atoms with E-state index in [0.717, 1.165) is 6.92 Å². The molecule has 0 aromatic heterocycles. The maximum Gasteiger partial charge on any atom is 0.411 e. The lowest BCUT2D eigenvalue weighted by atomic mass is 9.72. The first kappa shape index (κ1) is 29.3. The summed E-state index contributed by atoms with van der Waals surface area (Å²) in [5.74, 6) is -2.76. The molecule has 0 aliphatic rings. The standard InChI is InChI=1S/C26H22F6N2O5/c1-13(35)15-4-3-5-16(10-15)23(39)34-20-12-18(7-9-22(20)38)24(25(27,28)29,26(30,31)32)17-6-8-21(37)19(11-17)33-14(2)36/h3-12,23,34,37-39H,1-2H3,(H,33,36)/t23-/m0/s1. The molecule has 1 amide bonds. The van der Waals surface area contributed by atoms with Gasteiger partial charge in [-0.05, 0) is 48.4 Å². The van der Waals surface area contributed by atoms with Gasteiger partial charge in [0, 0.05) is 18.1 Å². The molecule has 0 saturated heterocycles. The predicted octanol–water partition coefficient (Wildman–Crippen LogP) is 5.77. The highest BCUT2D eigenvalue weighted by Gasteiger charge is 2.72. The van der Waals surface area contributed by atoms with E-state index in [4.69, 9.17) is 0 Å². The Kier molecular flexibility index (Phi) is 7.87. The summed E-state index contributed by atoms with van der Waals surface area (Å²) in [6.07, 6.45) is -13.8. The Morgan fingerprint density at radius 1 is 0.769 bits per heavy atom. The average Bonchev–Trinajstić information content (AvgIpc) is 2.81. The summed E-state index contributed by atoms with van der Waals surface area (Å²) in [5.41, 5.74) is -8.58. The highest BCUT2D eigenvalue weighted by Crippen LogP contribution is 2.57. The van der Waals surface area contributed by atoms with E-state index in [-0.39, 0.29) is 16.9 Å². The number of hydrogen-bond acceptors (Lipinski definition) is 6. The SMILES string of the molecule is CC(=O)Nc1cc(C(c2ccc(O)c(N[C@@H](O)c3cccc(C(C)=O)c3)c2)(C(F)(F)F)C(F)(F)F)ccc1O. The fraction of sp³-hybridized carbons (Fsp3) is 0.231. The van der Waals surface area contributed by atoms with E-state index in [1.807, 2.05) is 5.32 Å². The molecule has 0 saturated carbocycles. The van der Waals surface area contributed by atoms with Crippen LogP contribution in [-0.4, -0.2) is 39.4 Å². The number of Topliss-reactive ketones (excluding diaryl/α,β-unsaturated/α-hetero) is 1. The zero-order valence-corrected chi connectivity index (χ0v) is 20.3. The molecule has 7 nitrogen and oxygen atoms in total. The maximum absolute atomic E-state index is 14.6. The number of carbonyl (C=O) groups excluding carboxylic acids is 2. The number of phenols is 2. The summed E-state index contributed by atoms with van der Waals surface area (Å²) < 4.78 is 87.5. The van der Waals surface area contributed by atoms with Crippen LogP contribution in [0.25, 0.3) is 0 Å². The molecular weight excluding hydrogens is 534 g/mol. The van der Waals surface area contributed by atoms with E-state index in [2.05, 4.69) is 5.32 Å². The topological polar surface area (TPSA) is 119 Å². The van der Waals surface area contributed by atoms with Crippen molar-refractivity contribution in [3.63, 3.8) is 0 Å². The minimum absolute atomic E-state index is 0.0453. The number of aliphatic hydroxyl groups excluding tert-OH is 1. The van der Waals surface area contributed by atoms with E-state index in [1.54, 1.807) is 0 Å². The lowest BCUT2D eigenvalue weighted by Gasteiger charge is -2.38. The van der Waals surface area contributed by atoms with Gasteiger partial charge in [-0.25, -0.2) is 0 Å². The summed E-state index contributed by atoms with van der Waals surface area (Å²) in [4.78, 5) is 23.0. The number of benzene rings is 3. The van der Waals surface area contributed by atoms with Crippen molar-refractivity contribution in [3.8, 4) is 11.5 Å². The van der Waals surface area contributed by atoms with Crippen LogP contribution in [-0.2, 0) is 10.2 Å². The first-order chi connectivity index (χ1) is 18.0. The van der Waals surface area contributed by atoms with Crippen molar-refractivity contribution in [2.24, 2.45) is 0 Å². The molecule has 0 aliphatic carbocycles. The summed E-state index contributed by atoms with van der Waals surface area (Å²) in [5, 5.41) is 34.9. The third-order valence-corrected chi connectivity index (χ3v) is 5.92. The number of aromatic hydroxyl groups is 2. The Morgan fingerprint density at radius 3 is 1.77 bits per heavy atom. The monoisotopic (exact) mass is 556 g/mol. The van der Waals surface area contributed by atoms with Gasteiger partial charge >= 0.3 is 12.4 Å². The van der Waals surface area contributed by atoms with Crippen LogP contribution in [0.15, 0.2) is 60.7 Å². The van der Waals surface area contributed by atoms with Crippen LogP contribution in [0, 0.1) is 0 Å². The van der Waals surface area contributed by atoms with Crippen LogP contribution >= 0.6 is 0 Å². The van der Waals surface area contributed by atoms with Gasteiger partial charge in [0.05, 0.1) is 11.4 Å². The van der Waals surface area contributed by atoms with Crippen LogP contribution in [0.5, 0.6) is 11.5 Å². The van der Waals surface area contributed by atoms with E-state index in [1.165, 1.54) is 31.2 Å². The number of amides is 1. The second-order valence-corrected chi connectivity index (χ2v) is 8.62. The van der Waals surface area contributed by atoms with Crippen molar-refractivity contribution in [2.45, 2.75) is 37.8 Å². The fourth-order valence-corrected chi connectivity index (χ4v) is 4.08. The number of anilines is 2. The number of nitrogens with one attached hydrogen (secondary N) is 2. The smallest absolute Gasteiger partial charge is 0.411 e. The summed E-state index contributed by atoms with van der Waals surface area (Å²) >= 11 is 0. The lowest BCUT2D eigenvalue weighted by molar-refractivity contribution is -0.288. The molecule has 3 rings (SSSR count). The van der Waals surface area contributed by atoms with E-state index in [9.17, 15) is 51.3 Å². The number of phenolic OH excluding ortho intramolecular Hbond substituents is 2. The van der Waals surface area contributed by atoms with Crippen molar-refractivity contribution in [1.29, 1.82) is 0 Å². The molecule has 5 N–H and O–H groups in total. The molecule has 208 valence electrons. The van der Waals surface area contributed by atoms with Crippen LogP contribution < -0.4 is 10.6 Å². The molecular formula is C26H22F6N2O5. The van der Waals surface area contributed by atoms with Gasteiger partial charge in [-0.1, -0.05) is 30.3 Å². The molecule has 0 radical (unpaired) electrons. The summed E-state index contributed by atoms with van der Waals surface area (Å²) in [6.45, 7) is 2.20. The number of rotatable bonds is 7. The zero-order valence-electron chi connectivity index (χ0n) is 20.3. The molecule has 0 unspecified atom stereocenters. The van der Waals surface area contributed by atoms with Gasteiger partial charge in [0.25, 0.3) is 0 Å². The average molecular weight is 556 g/mol. The van der Waals surface area contributed by atoms with Gasteiger partial charge in [-0.3, -0.25) is 9.59 Å². The largest absolute Gasteiger partial charge is 0.506 e. The molecule has 39 heavy (non-hydrogen) atoms. The summed E-state index contributed by atoms with van der Waals surface area (Å²) in [6, 6.07) is 8.22. The number of ketones is 1. The Hall–Kier alpha value is -4.26. The number of alkyl halides is 6. The first-order valence-corrected chi connectivity index (χ1v) is 11.1. The number of halogens is 6. The molecule has 0 spiro atoms. The van der Waals surface area contributed by atoms with Crippen molar-refractivity contribution in [3.05, 3.63) is 82.9 Å². The molecule has 0 aliphatic heterocycles. The minimum Gasteiger partial charge on any atom is -0.506 e. The fourth-order valence-electron chi connectivity index (χ4n) is 4.08. The van der Waals surface area contributed by atoms with Crippen molar-refractivity contribution in [1.82, 2.24) is 0 Å². The van der Waals surface area contributed by atoms with E-state index < -0.39 is 63.9 Å². The van der Waals surface area contributed by atoms with Crippen LogP contribution in [0.3, 0.4) is 0 Å². The molecule has 0 heterocycles. The maximum atomic E-state index is 14.6. The Labute approximate surface area is 217 Å². The predicted molar refractivity (Wildman–Crippen MR) is 128 cm³/mol. The Morgan fingerprint density at radius 2 is 1.28 bits per heavy atom. The highest BCUT2D eigenvalue weighted by atomic mass is 19.4. The molecule has 13 heteroatoms. The van der Waals surface area contributed by atoms with Gasteiger partial charge < -0.3 is 26.0 Å². The van der Waals surface area contributed by atoms with Crippen LogP contribution in [0.4, 0.5) is 37.7 Å². The Bertz CT molecular complexity index is 1390. The lowest BCUT2D eigenvalue weighted by Crippen LogP contribution is -2.54. The minimum atomic E-state index is -6.02. The normalized spacial score (nSPS) is 13.1. The molecule has 0 fully saturated rings. The zero-order chi connectivity index (χ0) is 29.3. The molecule has 3 aromatic rings. The third-order valence-electron chi connectivity index (χ3n) is 5.92. The molecule has 1 atom stereocenters. The van der Waals surface area contributed by atoms with Gasteiger partial charge in [-0.15, -0.1) is 0 Å². The highest BCUT2D eigenvalue weighted by molar-refractivity contribution is 5.94. The van der Waals surface area contributed by atoms with E-state index >= 15 is 0 Å². The number of hydrogen-bond donors (Lipinski definition) is 5. The summed E-state index contributed by atoms with van der Waals surface area (Å²) in [7, 11) is 0. The molecule has 0 bridgehead atoms. The van der Waals surface area contributed by atoms with Gasteiger partial charge in [0.1, 0.15) is 11.5 Å². The van der Waals surface area contributed by atoms with Gasteiger partial charge in [-0.2, -0.15) is 26.3 Å². The second-order valence-electron chi connectivity index (χ2n) is 8.62. The van der Waals surface area contributed by atoms with Gasteiger partial charge in [0.15, 0.2) is 12.0 Å². The quantitative estimate of drug-likeness (QED) is 0.109. The number of carbonyl (C=O) groups is 2. The van der Waals surface area contributed by atoms with Gasteiger partial charge in [0.2, 0.25) is 11.3 Å². The Balaban J connectivity index is 2.22. The van der Waals surface area contributed by atoms with Crippen LogP contribution in [0.1, 0.15) is 47.1 Å². The number of aliphatic hydroxyl groups is 1.